The maximum Gasteiger partial charge on any atom is 0.0646 e. The lowest BCUT2D eigenvalue weighted by Crippen LogP contribution is -2.44. The first-order chi connectivity index (χ1) is 6.70. The molecule has 0 bridgehead atoms. The van der Waals surface area contributed by atoms with Crippen LogP contribution in [0.1, 0.15) is 20.3 Å². The molecule has 0 aromatic rings. The van der Waals surface area contributed by atoms with Crippen molar-refractivity contribution in [2.75, 3.05) is 32.8 Å². The number of rotatable bonds is 3. The van der Waals surface area contributed by atoms with E-state index in [9.17, 15) is 0 Å². The van der Waals surface area contributed by atoms with E-state index in [2.05, 4.69) is 24.5 Å². The van der Waals surface area contributed by atoms with Crippen molar-refractivity contribution in [3.8, 4) is 0 Å². The molecule has 2 aliphatic heterocycles. The van der Waals surface area contributed by atoms with Crippen molar-refractivity contribution in [3.63, 3.8) is 0 Å². The summed E-state index contributed by atoms with van der Waals surface area (Å²) in [6.07, 6.45) is 1.13. The molecule has 0 radical (unpaired) electrons. The third kappa shape index (κ3) is 2.16. The molecule has 0 amide bonds. The fourth-order valence-corrected chi connectivity index (χ4v) is 1.83. The minimum Gasteiger partial charge on any atom is -0.379 e. The Morgan fingerprint density at radius 3 is 2.86 bits per heavy atom. The Labute approximate surface area is 85.9 Å². The van der Waals surface area contributed by atoms with Crippen LogP contribution in [0.25, 0.3) is 0 Å². The maximum absolute atomic E-state index is 5.40. The summed E-state index contributed by atoms with van der Waals surface area (Å²) in [5.41, 5.74) is 3.27. The molecule has 3 nitrogen and oxygen atoms in total. The fraction of sp³-hybridized carbons (Fsp3) is 0.818. The van der Waals surface area contributed by atoms with Crippen molar-refractivity contribution < 1.29 is 4.74 Å². The van der Waals surface area contributed by atoms with Gasteiger partial charge in [-0.05, 0) is 25.8 Å². The van der Waals surface area contributed by atoms with E-state index >= 15 is 0 Å². The van der Waals surface area contributed by atoms with Gasteiger partial charge >= 0.3 is 0 Å². The molecule has 80 valence electrons. The van der Waals surface area contributed by atoms with Gasteiger partial charge in [-0.3, -0.25) is 0 Å². The third-order valence-electron chi connectivity index (χ3n) is 3.28. The van der Waals surface area contributed by atoms with Gasteiger partial charge in [0.2, 0.25) is 0 Å². The largest absolute Gasteiger partial charge is 0.379 e. The summed E-state index contributed by atoms with van der Waals surface area (Å²) in [4.78, 5) is 0. The molecule has 2 heterocycles. The molecule has 2 N–H and O–H groups in total. The van der Waals surface area contributed by atoms with Gasteiger partial charge in [0.25, 0.3) is 0 Å². The Hall–Kier alpha value is -0.380. The lowest BCUT2D eigenvalue weighted by molar-refractivity contribution is 0.173. The van der Waals surface area contributed by atoms with Gasteiger partial charge < -0.3 is 15.4 Å². The summed E-state index contributed by atoms with van der Waals surface area (Å²) in [6, 6.07) is 0. The number of ether oxygens (including phenoxy) is 1. The van der Waals surface area contributed by atoms with Gasteiger partial charge in [-0.25, -0.2) is 0 Å². The summed E-state index contributed by atoms with van der Waals surface area (Å²) in [5.74, 6) is 0. The van der Waals surface area contributed by atoms with E-state index in [-0.39, 0.29) is 5.54 Å². The summed E-state index contributed by atoms with van der Waals surface area (Å²) >= 11 is 0. The summed E-state index contributed by atoms with van der Waals surface area (Å²) in [7, 11) is 0. The van der Waals surface area contributed by atoms with Crippen LogP contribution in [0, 0.1) is 0 Å². The Bertz CT molecular complexity index is 236. The highest BCUT2D eigenvalue weighted by Crippen LogP contribution is 2.18. The first kappa shape index (κ1) is 10.1. The van der Waals surface area contributed by atoms with E-state index in [1.807, 2.05) is 0 Å². The lowest BCUT2D eigenvalue weighted by Gasteiger charge is -2.27. The van der Waals surface area contributed by atoms with Crippen molar-refractivity contribution in [2.45, 2.75) is 25.8 Å². The summed E-state index contributed by atoms with van der Waals surface area (Å²) in [5, 5.41) is 6.87. The van der Waals surface area contributed by atoms with Crippen molar-refractivity contribution in [1.29, 1.82) is 0 Å². The minimum atomic E-state index is 0.207. The van der Waals surface area contributed by atoms with Crippen LogP contribution in [0.3, 0.4) is 0 Å². The van der Waals surface area contributed by atoms with Gasteiger partial charge in [0.15, 0.2) is 0 Å². The molecule has 2 fully saturated rings. The number of hydrogen-bond acceptors (Lipinski definition) is 3. The molecule has 14 heavy (non-hydrogen) atoms. The van der Waals surface area contributed by atoms with Gasteiger partial charge in [0.05, 0.1) is 6.61 Å². The second kappa shape index (κ2) is 4.01. The fourth-order valence-electron chi connectivity index (χ4n) is 1.83. The monoisotopic (exact) mass is 196 g/mol. The smallest absolute Gasteiger partial charge is 0.0646 e. The van der Waals surface area contributed by atoms with Crippen molar-refractivity contribution in [2.24, 2.45) is 0 Å². The molecular weight excluding hydrogens is 176 g/mol. The van der Waals surface area contributed by atoms with E-state index in [4.69, 9.17) is 4.74 Å². The Kier molecular flexibility index (Phi) is 2.91. The Morgan fingerprint density at radius 1 is 1.57 bits per heavy atom. The molecule has 0 saturated carbocycles. The number of nitrogens with one attached hydrogen (secondary N) is 2. The van der Waals surface area contributed by atoms with Crippen LogP contribution in [0.4, 0.5) is 0 Å². The molecule has 1 atom stereocenters. The minimum absolute atomic E-state index is 0.207. The molecule has 0 spiro atoms. The topological polar surface area (TPSA) is 33.3 Å². The van der Waals surface area contributed by atoms with Gasteiger partial charge in [-0.1, -0.05) is 5.57 Å². The van der Waals surface area contributed by atoms with E-state index in [1.54, 1.807) is 5.57 Å². The van der Waals surface area contributed by atoms with Crippen LogP contribution in [0.2, 0.25) is 0 Å². The van der Waals surface area contributed by atoms with Gasteiger partial charge in [-0.2, -0.15) is 0 Å². The van der Waals surface area contributed by atoms with Crippen LogP contribution in [0.15, 0.2) is 11.1 Å². The molecular formula is C11H20N2O. The highest BCUT2D eigenvalue weighted by atomic mass is 16.5. The van der Waals surface area contributed by atoms with E-state index < -0.39 is 0 Å². The average Bonchev–Trinajstić information content (AvgIpc) is 2.47. The third-order valence-corrected chi connectivity index (χ3v) is 3.28. The summed E-state index contributed by atoms with van der Waals surface area (Å²) < 4.78 is 5.40. The predicted octanol–water partition coefficient (Wildman–Crippen LogP) is 0.675. The van der Waals surface area contributed by atoms with Gasteiger partial charge in [0.1, 0.15) is 0 Å². The Morgan fingerprint density at radius 2 is 2.36 bits per heavy atom. The SMILES string of the molecule is CC(CNC1(C)CCOC1)=C1CNC1. The lowest BCUT2D eigenvalue weighted by atomic mass is 9.99. The molecule has 1 unspecified atom stereocenters. The van der Waals surface area contributed by atoms with Crippen LogP contribution < -0.4 is 10.6 Å². The van der Waals surface area contributed by atoms with Crippen LogP contribution in [-0.4, -0.2) is 38.4 Å². The van der Waals surface area contributed by atoms with Crippen molar-refractivity contribution >= 4 is 0 Å². The molecule has 3 heteroatoms. The maximum atomic E-state index is 5.40. The van der Waals surface area contributed by atoms with E-state index in [1.165, 1.54) is 5.57 Å². The van der Waals surface area contributed by atoms with Crippen molar-refractivity contribution in [1.82, 2.24) is 10.6 Å². The van der Waals surface area contributed by atoms with Crippen molar-refractivity contribution in [3.05, 3.63) is 11.1 Å². The Balaban J connectivity index is 1.81. The van der Waals surface area contributed by atoms with Crippen LogP contribution in [0.5, 0.6) is 0 Å². The number of hydrogen-bond donors (Lipinski definition) is 2. The van der Waals surface area contributed by atoms with Gasteiger partial charge in [-0.15, -0.1) is 0 Å². The second-order valence-corrected chi connectivity index (χ2v) is 4.70. The first-order valence-corrected chi connectivity index (χ1v) is 5.41. The van der Waals surface area contributed by atoms with E-state index in [0.29, 0.717) is 0 Å². The standard InChI is InChI=1S/C11H20N2O/c1-9(10-6-12-7-10)5-13-11(2)3-4-14-8-11/h12-13H,3-8H2,1-2H3. The molecule has 2 rings (SSSR count). The quantitative estimate of drug-likeness (QED) is 0.651. The van der Waals surface area contributed by atoms with Crippen LogP contribution >= 0.6 is 0 Å². The molecule has 0 aliphatic carbocycles. The second-order valence-electron chi connectivity index (χ2n) is 4.70. The normalized spacial score (nSPS) is 31.7. The zero-order valence-corrected chi connectivity index (χ0v) is 9.15. The molecule has 0 aromatic heterocycles. The molecule has 2 saturated heterocycles. The molecule has 2 aliphatic rings. The highest BCUT2D eigenvalue weighted by Gasteiger charge is 2.28. The first-order valence-electron chi connectivity index (χ1n) is 5.41. The predicted molar refractivity (Wildman–Crippen MR) is 57.4 cm³/mol. The summed E-state index contributed by atoms with van der Waals surface area (Å²) in [6.45, 7) is 9.41. The average molecular weight is 196 g/mol. The highest BCUT2D eigenvalue weighted by molar-refractivity contribution is 5.22. The van der Waals surface area contributed by atoms with Gasteiger partial charge in [0, 0.05) is 31.8 Å². The van der Waals surface area contributed by atoms with Crippen LogP contribution in [-0.2, 0) is 4.74 Å². The molecule has 0 aromatic carbocycles. The zero-order valence-electron chi connectivity index (χ0n) is 9.15. The zero-order chi connectivity index (χ0) is 10.0. The van der Waals surface area contributed by atoms with E-state index in [0.717, 1.165) is 39.3 Å².